The van der Waals surface area contributed by atoms with Crippen LogP contribution < -0.4 is 27.8 Å². The van der Waals surface area contributed by atoms with Crippen LogP contribution >= 0.6 is 8.25 Å². The van der Waals surface area contributed by atoms with Gasteiger partial charge in [0.1, 0.15) is 54.2 Å². The van der Waals surface area contributed by atoms with Crippen molar-refractivity contribution in [3.05, 3.63) is 0 Å². The van der Waals surface area contributed by atoms with Crippen LogP contribution in [-0.2, 0) is 52.0 Å². The first kappa shape index (κ1) is 80.1. The fourth-order valence-corrected chi connectivity index (χ4v) is 10.4. The highest BCUT2D eigenvalue weighted by atomic mass is 31.1. The van der Waals surface area contributed by atoms with Crippen LogP contribution in [0.25, 0.3) is 0 Å². The molecular formula is C59H117N6O17P. The first-order valence-electron chi connectivity index (χ1n) is 31.5. The quantitative estimate of drug-likeness (QED) is 0.0239. The van der Waals surface area contributed by atoms with Crippen molar-refractivity contribution >= 4 is 37.9 Å². The summed E-state index contributed by atoms with van der Waals surface area (Å²) in [5.41, 5.74) is 15.6. The van der Waals surface area contributed by atoms with Gasteiger partial charge >= 0.3 is 14.2 Å². The number of carbonyl (C=O) groups excluding carboxylic acids is 4. The Labute approximate surface area is 498 Å². The van der Waals surface area contributed by atoms with E-state index in [1.807, 2.05) is 0 Å². The predicted octanol–water partition coefficient (Wildman–Crippen LogP) is 6.17. The number of carbonyl (C=O) groups is 5. The van der Waals surface area contributed by atoms with Crippen LogP contribution in [0.15, 0.2) is 0 Å². The van der Waals surface area contributed by atoms with Crippen molar-refractivity contribution in [3.63, 3.8) is 0 Å². The Morgan fingerprint density at radius 3 is 1.54 bits per heavy atom. The molecule has 1 fully saturated rings. The number of aliphatic carboxylic acids is 1. The lowest BCUT2D eigenvalue weighted by atomic mass is 9.89. The molecule has 0 bridgehead atoms. The highest BCUT2D eigenvalue weighted by Crippen LogP contribution is 2.26. The molecule has 1 heterocycles. The zero-order valence-corrected chi connectivity index (χ0v) is 52.8. The summed E-state index contributed by atoms with van der Waals surface area (Å²) in [7, 11) is -2.73. The van der Waals surface area contributed by atoms with Gasteiger partial charge in [-0.25, -0.2) is 4.79 Å². The number of ether oxygens (including phenoxy) is 4. The van der Waals surface area contributed by atoms with Gasteiger partial charge in [0.05, 0.1) is 25.9 Å². The van der Waals surface area contributed by atoms with Crippen LogP contribution in [0.1, 0.15) is 234 Å². The second-order valence-electron chi connectivity index (χ2n) is 22.7. The second-order valence-corrected chi connectivity index (χ2v) is 23.5. The summed E-state index contributed by atoms with van der Waals surface area (Å²) in [4.78, 5) is 74.0. The van der Waals surface area contributed by atoms with Gasteiger partial charge < -0.3 is 86.6 Å². The highest BCUT2D eigenvalue weighted by Gasteiger charge is 2.47. The minimum atomic E-state index is -2.73. The molecule has 12 atom stereocenters. The van der Waals surface area contributed by atoms with Gasteiger partial charge in [0.2, 0.25) is 23.6 Å². The summed E-state index contributed by atoms with van der Waals surface area (Å²) in [5, 5.41) is 56.9. The van der Waals surface area contributed by atoms with Crippen LogP contribution in [0.4, 0.5) is 0 Å². The van der Waals surface area contributed by atoms with Crippen LogP contribution in [0, 0.1) is 0 Å². The van der Waals surface area contributed by atoms with Gasteiger partial charge in [-0.3, -0.25) is 23.7 Å². The molecule has 490 valence electrons. The van der Waals surface area contributed by atoms with Crippen LogP contribution in [0.3, 0.4) is 0 Å². The Kier molecular flexibility index (Phi) is 48.4. The smallest absolute Gasteiger partial charge is 0.326 e. The van der Waals surface area contributed by atoms with E-state index in [2.05, 4.69) is 29.0 Å². The second kappa shape index (κ2) is 50.1. The Morgan fingerprint density at radius 2 is 1.17 bits per heavy atom. The van der Waals surface area contributed by atoms with E-state index in [9.17, 15) is 54.1 Å². The topological polar surface area (TPSA) is 375 Å². The van der Waals surface area contributed by atoms with E-state index in [1.54, 1.807) is 0 Å². The van der Waals surface area contributed by atoms with E-state index in [0.717, 1.165) is 49.8 Å². The third-order valence-electron chi connectivity index (χ3n) is 15.1. The first-order chi connectivity index (χ1) is 39.6. The van der Waals surface area contributed by atoms with E-state index in [0.29, 0.717) is 13.0 Å². The van der Waals surface area contributed by atoms with Gasteiger partial charge in [0.25, 0.3) is 0 Å². The molecule has 3 unspecified atom stereocenters. The molecule has 24 heteroatoms. The molecule has 1 saturated heterocycles. The number of nitrogens with two attached hydrogens (primary N) is 3. The average Bonchev–Trinajstić information content (AvgIpc) is 3.63. The SMILES string of the molecule is CCCCCCCCCCCCCCCCOC([C@H](CO)OCCCCCCCCCCCCCCCC)[C@@](C)(N)C(=O)N[C@H](CCC(=O)N(CC(C)O[C@H]1[C@H](O)[C@@H](CO)O[C@H](O)[C@@H]1NC(C)=O)[C@@H](C)C(=O)O)C(N)=O.NCCO[PH](=O)O. The lowest BCUT2D eigenvalue weighted by Gasteiger charge is -2.43. The van der Waals surface area contributed by atoms with Crippen molar-refractivity contribution in [1.29, 1.82) is 0 Å². The summed E-state index contributed by atoms with van der Waals surface area (Å²) in [6.07, 6.45) is 23.7. The van der Waals surface area contributed by atoms with Gasteiger partial charge in [-0.15, -0.1) is 0 Å². The molecule has 1 rings (SSSR count). The summed E-state index contributed by atoms with van der Waals surface area (Å²) in [6, 6.07) is -4.13. The number of hydrogen-bond acceptors (Lipinski definition) is 17. The van der Waals surface area contributed by atoms with E-state index < -0.39 is 124 Å². The van der Waals surface area contributed by atoms with E-state index >= 15 is 0 Å². The Balaban J connectivity index is 0.00000897. The molecule has 0 radical (unpaired) electrons. The lowest BCUT2D eigenvalue weighted by Crippen LogP contribution is -2.66. The third-order valence-corrected chi connectivity index (χ3v) is 15.5. The largest absolute Gasteiger partial charge is 0.480 e. The number of aliphatic hydroxyl groups is 4. The van der Waals surface area contributed by atoms with Crippen LogP contribution in [-0.4, -0.2) is 178 Å². The van der Waals surface area contributed by atoms with Crippen molar-refractivity contribution in [1.82, 2.24) is 15.5 Å². The molecule has 0 aromatic heterocycles. The predicted molar refractivity (Wildman–Crippen MR) is 321 cm³/mol. The van der Waals surface area contributed by atoms with Crippen molar-refractivity contribution in [2.75, 3.05) is 46.1 Å². The van der Waals surface area contributed by atoms with Crippen LogP contribution in [0.2, 0.25) is 0 Å². The van der Waals surface area contributed by atoms with Crippen molar-refractivity contribution < 1.29 is 82.4 Å². The number of amides is 4. The average molecular weight is 1210 g/mol. The molecule has 4 amide bonds. The van der Waals surface area contributed by atoms with E-state index in [-0.39, 0.29) is 32.7 Å². The van der Waals surface area contributed by atoms with E-state index in [4.69, 9.17) is 41.0 Å². The summed E-state index contributed by atoms with van der Waals surface area (Å²) in [6.45, 7) is 9.32. The molecule has 14 N–H and O–H groups in total. The normalized spacial score (nSPS) is 19.9. The lowest BCUT2D eigenvalue weighted by molar-refractivity contribution is -0.268. The monoisotopic (exact) mass is 1210 g/mol. The summed E-state index contributed by atoms with van der Waals surface area (Å²) >= 11 is 0. The van der Waals surface area contributed by atoms with Gasteiger partial charge in [0, 0.05) is 39.6 Å². The molecule has 0 spiro atoms. The fraction of sp³-hybridized carbons (Fsp3) is 0.915. The number of rotatable bonds is 52. The number of primary amides is 1. The van der Waals surface area contributed by atoms with Crippen molar-refractivity contribution in [3.8, 4) is 0 Å². The maximum Gasteiger partial charge on any atom is 0.326 e. The maximum atomic E-state index is 14.2. The molecule has 0 saturated carbocycles. The molecule has 1 aliphatic heterocycles. The minimum Gasteiger partial charge on any atom is -0.480 e. The van der Waals surface area contributed by atoms with Gasteiger partial charge in [0.15, 0.2) is 6.29 Å². The van der Waals surface area contributed by atoms with Gasteiger partial charge in [-0.1, -0.05) is 181 Å². The zero-order valence-electron chi connectivity index (χ0n) is 51.8. The third kappa shape index (κ3) is 37.4. The standard InChI is InChI=1S/C57H109N5O14.C2H8NO3P/c1-7-9-11-13-15-17-19-21-23-25-27-29-31-33-37-73-47(41-64)52(74-38-34-32-30-28-26-24-22-20-18-16-14-12-10-8-2)57(6,59)56(72)61-45(53(58)68)35-36-48(66)62(43(4)54(69)70)39-42(3)75-51-49(60-44(5)65)55(71)76-46(40-63)50(51)67;3-1-2-6-7(4)5/h42-43,45-47,49-52,55,63-64,67,71H,7-41,59H2,1-6H3,(H2,58,68)(H,60,65)(H,61,72)(H,69,70);7H,1-3H2,(H,4,5)/t42?,43-,45+,46+,47-,49+,50+,51+,52?,55-,57+;/m0./s1. The number of aliphatic hydroxyl groups excluding tert-OH is 4. The van der Waals surface area contributed by atoms with Crippen molar-refractivity contribution in [2.24, 2.45) is 17.2 Å². The number of hydrogen-bond donors (Lipinski definition) is 11. The number of carboxylic acid groups (broad SMARTS) is 1. The maximum absolute atomic E-state index is 14.2. The molecule has 0 aromatic carbocycles. The molecule has 0 aromatic rings. The number of nitrogens with zero attached hydrogens (tertiary/aromatic N) is 1. The molecular weight excluding hydrogens is 1100 g/mol. The Hall–Kier alpha value is -2.90. The molecule has 0 aliphatic carbocycles. The summed E-state index contributed by atoms with van der Waals surface area (Å²) in [5.74, 6) is -4.49. The Morgan fingerprint density at radius 1 is 0.723 bits per heavy atom. The van der Waals surface area contributed by atoms with Crippen LogP contribution in [0.5, 0.6) is 0 Å². The Bertz CT molecular complexity index is 1710. The zero-order chi connectivity index (χ0) is 62.4. The molecule has 1 aliphatic rings. The number of nitrogens with one attached hydrogen (secondary N) is 2. The van der Waals surface area contributed by atoms with Gasteiger partial charge in [-0.05, 0) is 40.0 Å². The summed E-state index contributed by atoms with van der Waals surface area (Å²) < 4.78 is 37.6. The minimum absolute atomic E-state index is 0.161. The fourth-order valence-electron chi connectivity index (χ4n) is 10.1. The van der Waals surface area contributed by atoms with Gasteiger partial charge in [-0.2, -0.15) is 0 Å². The highest BCUT2D eigenvalue weighted by molar-refractivity contribution is 7.32. The molecule has 83 heavy (non-hydrogen) atoms. The molecule has 23 nitrogen and oxygen atoms in total. The number of unbranched alkanes of at least 4 members (excludes halogenated alkanes) is 26. The first-order valence-corrected chi connectivity index (χ1v) is 32.8. The number of carboxylic acids is 1. The van der Waals surface area contributed by atoms with Crippen molar-refractivity contribution in [2.45, 2.75) is 301 Å². The van der Waals surface area contributed by atoms with E-state index in [1.165, 1.54) is 156 Å².